The normalized spacial score (nSPS) is 42.7. The number of rotatable bonds is 14. The molecule has 0 aromatic rings. The molecule has 41 heavy (non-hydrogen) atoms. The van der Waals surface area contributed by atoms with Crippen molar-refractivity contribution in [1.29, 1.82) is 0 Å². The van der Waals surface area contributed by atoms with Crippen molar-refractivity contribution in [2.45, 2.75) is 104 Å². The van der Waals surface area contributed by atoms with Crippen LogP contribution < -0.4 is 0 Å². The molecule has 8 heteroatoms. The number of ether oxygens (including phenoxy) is 7. The second-order valence-corrected chi connectivity index (χ2v) is 13.9. The summed E-state index contributed by atoms with van der Waals surface area (Å²) in [7, 11) is 6.57. The first-order chi connectivity index (χ1) is 19.7. The van der Waals surface area contributed by atoms with Gasteiger partial charge in [0.25, 0.3) is 0 Å². The van der Waals surface area contributed by atoms with Crippen molar-refractivity contribution >= 4 is 5.97 Å². The third kappa shape index (κ3) is 6.26. The molecule has 0 aliphatic heterocycles. The van der Waals surface area contributed by atoms with Crippen molar-refractivity contribution in [3.05, 3.63) is 0 Å². The van der Waals surface area contributed by atoms with Gasteiger partial charge < -0.3 is 33.2 Å². The van der Waals surface area contributed by atoms with Crippen LogP contribution in [-0.4, -0.2) is 73.1 Å². The molecular weight excluding hydrogens is 524 g/mol. The third-order valence-corrected chi connectivity index (χ3v) is 12.5. The zero-order chi connectivity index (χ0) is 29.8. The van der Waals surface area contributed by atoms with Gasteiger partial charge >= 0.3 is 5.97 Å². The molecule has 0 amide bonds. The SMILES string of the molecule is CC[C@H]1[C@@H](OCOC)C2C3CC[C@H](C(CCC(=O)OC)OCOC)[C@@]3(C)[C@@H](C)CC2[C@@]2(C)CC[C@@H](OCOC)C[C@@H]12. The number of carbonyl (C=O) groups excluding carboxylic acids is 1. The molecule has 4 unspecified atom stereocenters. The molecule has 0 aromatic carbocycles. The maximum absolute atomic E-state index is 12.1. The fraction of sp³-hybridized carbons (Fsp3) is 0.970. The van der Waals surface area contributed by atoms with Gasteiger partial charge in [0, 0.05) is 27.8 Å². The Balaban J connectivity index is 1.68. The van der Waals surface area contributed by atoms with Gasteiger partial charge in [-0.15, -0.1) is 0 Å². The smallest absolute Gasteiger partial charge is 0.305 e. The Labute approximate surface area is 248 Å². The predicted molar refractivity (Wildman–Crippen MR) is 156 cm³/mol. The first-order valence-electron chi connectivity index (χ1n) is 16.1. The lowest BCUT2D eigenvalue weighted by Gasteiger charge is -2.66. The summed E-state index contributed by atoms with van der Waals surface area (Å²) >= 11 is 0. The largest absolute Gasteiger partial charge is 0.469 e. The van der Waals surface area contributed by atoms with Crippen molar-refractivity contribution in [2.24, 2.45) is 52.3 Å². The van der Waals surface area contributed by atoms with Crippen LogP contribution in [0.3, 0.4) is 0 Å². The van der Waals surface area contributed by atoms with Crippen molar-refractivity contribution < 1.29 is 38.0 Å². The van der Waals surface area contributed by atoms with E-state index in [9.17, 15) is 4.79 Å². The Kier molecular flexibility index (Phi) is 11.6. The standard InChI is InChI=1S/C33H58O8/c1-9-23-26-17-22(39-18-35-5)14-15-32(26,3)27-16-21(2)33(4)24(28(40-19-36-6)12-13-29(34)38-8)10-11-25(33)30(27)31(23)41-20-37-7/h21-28,30-31H,9-20H2,1-8H3/t21-,22+,23+,24+,25?,26-,27?,28?,30?,31+,32-,33+/m0/s1. The quantitative estimate of drug-likeness (QED) is 0.181. The number of carbonyl (C=O) groups is 1. The van der Waals surface area contributed by atoms with E-state index in [-0.39, 0.29) is 41.9 Å². The third-order valence-electron chi connectivity index (χ3n) is 12.5. The van der Waals surface area contributed by atoms with E-state index in [1.165, 1.54) is 26.4 Å². The number of esters is 1. The summed E-state index contributed by atoms with van der Waals surface area (Å²) in [6.45, 7) is 10.9. The topological polar surface area (TPSA) is 81.7 Å². The number of hydrogen-bond acceptors (Lipinski definition) is 8. The van der Waals surface area contributed by atoms with Gasteiger partial charge in [-0.3, -0.25) is 4.79 Å². The molecule has 0 radical (unpaired) electrons. The molecule has 4 aliphatic carbocycles. The van der Waals surface area contributed by atoms with Crippen LogP contribution in [0.5, 0.6) is 0 Å². The number of methoxy groups -OCH3 is 4. The fourth-order valence-corrected chi connectivity index (χ4v) is 10.5. The van der Waals surface area contributed by atoms with E-state index in [2.05, 4.69) is 27.7 Å². The maximum atomic E-state index is 12.1. The first kappa shape index (κ1) is 33.1. The highest BCUT2D eigenvalue weighted by molar-refractivity contribution is 5.69. The van der Waals surface area contributed by atoms with Crippen LogP contribution in [0.25, 0.3) is 0 Å². The Morgan fingerprint density at radius 1 is 0.878 bits per heavy atom. The van der Waals surface area contributed by atoms with E-state index in [1.807, 2.05) is 0 Å². The van der Waals surface area contributed by atoms with Gasteiger partial charge in [-0.2, -0.15) is 0 Å². The fourth-order valence-electron chi connectivity index (χ4n) is 10.5. The van der Waals surface area contributed by atoms with Crippen LogP contribution in [0.15, 0.2) is 0 Å². The molecule has 12 atom stereocenters. The molecule has 4 rings (SSSR count). The van der Waals surface area contributed by atoms with E-state index >= 15 is 0 Å². The minimum absolute atomic E-state index is 0.0383. The summed E-state index contributed by atoms with van der Waals surface area (Å²) in [4.78, 5) is 12.1. The first-order valence-corrected chi connectivity index (χ1v) is 16.1. The monoisotopic (exact) mass is 582 g/mol. The van der Waals surface area contributed by atoms with E-state index in [1.54, 1.807) is 21.3 Å². The molecule has 0 aromatic heterocycles. The molecule has 4 aliphatic rings. The molecule has 4 saturated carbocycles. The molecule has 4 fully saturated rings. The van der Waals surface area contributed by atoms with Crippen molar-refractivity contribution in [1.82, 2.24) is 0 Å². The molecule has 8 nitrogen and oxygen atoms in total. The Morgan fingerprint density at radius 2 is 1.59 bits per heavy atom. The van der Waals surface area contributed by atoms with E-state index in [0.717, 1.165) is 25.7 Å². The average molecular weight is 583 g/mol. The summed E-state index contributed by atoms with van der Waals surface area (Å²) in [6, 6.07) is 0. The zero-order valence-electron chi connectivity index (χ0n) is 27.0. The number of hydrogen-bond donors (Lipinski definition) is 0. The molecule has 0 bridgehead atoms. The van der Waals surface area contributed by atoms with Crippen molar-refractivity contribution in [3.63, 3.8) is 0 Å². The van der Waals surface area contributed by atoms with Gasteiger partial charge in [0.1, 0.15) is 20.4 Å². The number of fused-ring (bicyclic) bond motifs is 5. The summed E-state index contributed by atoms with van der Waals surface area (Å²) in [5, 5.41) is 0. The highest BCUT2D eigenvalue weighted by Crippen LogP contribution is 2.71. The van der Waals surface area contributed by atoms with Crippen LogP contribution in [-0.2, 0) is 38.0 Å². The van der Waals surface area contributed by atoms with Crippen LogP contribution in [0.1, 0.15) is 85.5 Å². The molecule has 0 spiro atoms. The van der Waals surface area contributed by atoms with Crippen molar-refractivity contribution in [3.8, 4) is 0 Å². The molecule has 238 valence electrons. The minimum atomic E-state index is -0.178. The van der Waals surface area contributed by atoms with E-state index in [4.69, 9.17) is 33.2 Å². The van der Waals surface area contributed by atoms with Crippen LogP contribution >= 0.6 is 0 Å². The van der Waals surface area contributed by atoms with Gasteiger partial charge in [-0.25, -0.2) is 0 Å². The molecule has 0 saturated heterocycles. The second-order valence-electron chi connectivity index (χ2n) is 13.9. The van der Waals surface area contributed by atoms with Crippen LogP contribution in [0, 0.1) is 52.3 Å². The molecule has 0 heterocycles. The lowest BCUT2D eigenvalue weighted by Crippen LogP contribution is -2.64. The van der Waals surface area contributed by atoms with E-state index < -0.39 is 0 Å². The second kappa shape index (κ2) is 14.3. The van der Waals surface area contributed by atoms with Gasteiger partial charge in [0.05, 0.1) is 25.4 Å². The van der Waals surface area contributed by atoms with Crippen LogP contribution in [0.2, 0.25) is 0 Å². The molecular formula is C33H58O8. The highest BCUT2D eigenvalue weighted by Gasteiger charge is 2.67. The Morgan fingerprint density at radius 3 is 2.24 bits per heavy atom. The van der Waals surface area contributed by atoms with Gasteiger partial charge in [0.2, 0.25) is 0 Å². The Bertz CT molecular complexity index is 838. The lowest BCUT2D eigenvalue weighted by molar-refractivity contribution is -0.249. The molecule has 0 N–H and O–H groups in total. The van der Waals surface area contributed by atoms with Gasteiger partial charge in [-0.1, -0.05) is 34.1 Å². The summed E-state index contributed by atoms with van der Waals surface area (Å²) in [6.07, 6.45) is 9.32. The minimum Gasteiger partial charge on any atom is -0.469 e. The summed E-state index contributed by atoms with van der Waals surface area (Å²) in [5.74, 6) is 3.33. The summed E-state index contributed by atoms with van der Waals surface area (Å²) < 4.78 is 40.4. The van der Waals surface area contributed by atoms with Crippen molar-refractivity contribution in [2.75, 3.05) is 48.8 Å². The zero-order valence-corrected chi connectivity index (χ0v) is 27.0. The lowest BCUT2D eigenvalue weighted by atomic mass is 9.40. The van der Waals surface area contributed by atoms with Gasteiger partial charge in [0.15, 0.2) is 0 Å². The summed E-state index contributed by atoms with van der Waals surface area (Å²) in [5.41, 5.74) is 0.348. The predicted octanol–water partition coefficient (Wildman–Crippen LogP) is 6.06. The average Bonchev–Trinajstić information content (AvgIpc) is 3.33. The van der Waals surface area contributed by atoms with Crippen LogP contribution in [0.4, 0.5) is 0 Å². The maximum Gasteiger partial charge on any atom is 0.305 e. The van der Waals surface area contributed by atoms with Gasteiger partial charge in [-0.05, 0) is 97.2 Å². The highest BCUT2D eigenvalue weighted by atomic mass is 16.7. The van der Waals surface area contributed by atoms with E-state index in [0.29, 0.717) is 67.9 Å². The Hall–Kier alpha value is -0.770.